The Bertz CT molecular complexity index is 461. The van der Waals surface area contributed by atoms with Gasteiger partial charge in [0.2, 0.25) is 0 Å². The summed E-state index contributed by atoms with van der Waals surface area (Å²) in [6, 6.07) is 6.69. The number of hydrogen-bond donors (Lipinski definition) is 0. The predicted molar refractivity (Wildman–Crippen MR) is 52.6 cm³/mol. The molecule has 0 N–H and O–H groups in total. The molecule has 0 saturated heterocycles. The van der Waals surface area contributed by atoms with Crippen molar-refractivity contribution in [1.29, 1.82) is 0 Å². The van der Waals surface area contributed by atoms with Crippen LogP contribution in [0.2, 0.25) is 0 Å². The average molecular weight is 191 g/mol. The van der Waals surface area contributed by atoms with Gasteiger partial charge in [-0.1, -0.05) is 6.07 Å². The zero-order valence-corrected chi connectivity index (χ0v) is 7.61. The van der Waals surface area contributed by atoms with Gasteiger partial charge in [-0.2, -0.15) is 0 Å². The summed E-state index contributed by atoms with van der Waals surface area (Å²) in [7, 11) is 0. The maximum absolute atomic E-state index is 13.2. The highest BCUT2D eigenvalue weighted by Gasteiger charge is 2.03. The van der Waals surface area contributed by atoms with Gasteiger partial charge in [0.15, 0.2) is 0 Å². The number of nitrogens with zero attached hydrogens (tertiary/aromatic N) is 1. The van der Waals surface area contributed by atoms with Gasteiger partial charge in [0.25, 0.3) is 0 Å². The van der Waals surface area contributed by atoms with E-state index in [9.17, 15) is 9.18 Å². The lowest BCUT2D eigenvalue weighted by molar-refractivity contribution is -0.108. The molecule has 72 valence electrons. The zero-order chi connectivity index (χ0) is 9.97. The second-order valence-corrected chi connectivity index (χ2v) is 3.14. The average Bonchev–Trinajstić information content (AvgIpc) is 2.60. The Balaban J connectivity index is 2.47. The van der Waals surface area contributed by atoms with E-state index in [1.165, 1.54) is 6.07 Å². The minimum atomic E-state index is -0.215. The number of halogens is 1. The molecular formula is C11H10FNO. The van der Waals surface area contributed by atoms with E-state index in [4.69, 9.17) is 0 Å². The van der Waals surface area contributed by atoms with Crippen molar-refractivity contribution in [2.45, 2.75) is 13.0 Å². The molecule has 2 nitrogen and oxygen atoms in total. The van der Waals surface area contributed by atoms with E-state index in [0.717, 1.165) is 11.8 Å². The predicted octanol–water partition coefficient (Wildman–Crippen LogP) is 2.37. The maximum Gasteiger partial charge on any atom is 0.132 e. The molecule has 0 aliphatic rings. The van der Waals surface area contributed by atoms with Crippen LogP contribution >= 0.6 is 0 Å². The number of hydrogen-bond acceptors (Lipinski definition) is 1. The van der Waals surface area contributed by atoms with Gasteiger partial charge in [0.1, 0.15) is 12.1 Å². The van der Waals surface area contributed by atoms with E-state index >= 15 is 0 Å². The van der Waals surface area contributed by atoms with Crippen molar-refractivity contribution in [3.8, 4) is 0 Å². The van der Waals surface area contributed by atoms with E-state index in [-0.39, 0.29) is 5.82 Å². The van der Waals surface area contributed by atoms with Crippen molar-refractivity contribution >= 4 is 17.2 Å². The van der Waals surface area contributed by atoms with Crippen molar-refractivity contribution in [2.75, 3.05) is 0 Å². The summed E-state index contributed by atoms with van der Waals surface area (Å²) in [6.45, 7) is 0.608. The molecule has 3 heteroatoms. The minimum absolute atomic E-state index is 0.215. The van der Waals surface area contributed by atoms with E-state index in [0.29, 0.717) is 18.4 Å². The van der Waals surface area contributed by atoms with Crippen LogP contribution in [0.4, 0.5) is 4.39 Å². The molecule has 0 aliphatic heterocycles. The Morgan fingerprint density at radius 3 is 3.00 bits per heavy atom. The third-order valence-electron chi connectivity index (χ3n) is 2.25. The lowest BCUT2D eigenvalue weighted by atomic mass is 10.2. The first-order valence-corrected chi connectivity index (χ1v) is 4.50. The summed E-state index contributed by atoms with van der Waals surface area (Å²) in [5.41, 5.74) is 0.840. The highest BCUT2D eigenvalue weighted by atomic mass is 19.1. The van der Waals surface area contributed by atoms with E-state index in [1.54, 1.807) is 18.3 Å². The van der Waals surface area contributed by atoms with Crippen LogP contribution in [0, 0.1) is 5.82 Å². The molecular weight excluding hydrogens is 181 g/mol. The van der Waals surface area contributed by atoms with Gasteiger partial charge in [-0.15, -0.1) is 0 Å². The molecule has 0 aliphatic carbocycles. The normalized spacial score (nSPS) is 10.6. The molecule has 0 amide bonds. The van der Waals surface area contributed by atoms with Crippen LogP contribution in [0.5, 0.6) is 0 Å². The molecule has 2 rings (SSSR count). The van der Waals surface area contributed by atoms with Crippen LogP contribution < -0.4 is 0 Å². The van der Waals surface area contributed by atoms with Gasteiger partial charge >= 0.3 is 0 Å². The summed E-state index contributed by atoms with van der Waals surface area (Å²) >= 11 is 0. The highest BCUT2D eigenvalue weighted by molar-refractivity contribution is 5.80. The molecule has 0 atom stereocenters. The Morgan fingerprint density at radius 2 is 2.21 bits per heavy atom. The van der Waals surface area contributed by atoms with Crippen molar-refractivity contribution < 1.29 is 9.18 Å². The van der Waals surface area contributed by atoms with Gasteiger partial charge in [-0.05, 0) is 18.2 Å². The van der Waals surface area contributed by atoms with E-state index in [2.05, 4.69) is 0 Å². The summed E-state index contributed by atoms with van der Waals surface area (Å²) in [4.78, 5) is 10.2. The van der Waals surface area contributed by atoms with E-state index in [1.807, 2.05) is 10.6 Å². The highest BCUT2D eigenvalue weighted by Crippen LogP contribution is 2.18. The van der Waals surface area contributed by atoms with Gasteiger partial charge in [0.05, 0.1) is 5.52 Å². The van der Waals surface area contributed by atoms with Crippen LogP contribution in [-0.4, -0.2) is 10.9 Å². The number of aromatic nitrogens is 1. The van der Waals surface area contributed by atoms with Crippen molar-refractivity contribution in [2.24, 2.45) is 0 Å². The lowest BCUT2D eigenvalue weighted by Gasteiger charge is -2.01. The summed E-state index contributed by atoms with van der Waals surface area (Å²) in [5, 5.41) is 0.610. The molecule has 1 aromatic carbocycles. The van der Waals surface area contributed by atoms with Gasteiger partial charge < -0.3 is 9.36 Å². The largest absolute Gasteiger partial charge is 0.347 e. The number of fused-ring (bicyclic) bond motifs is 1. The Kier molecular flexibility index (Phi) is 2.31. The number of benzene rings is 1. The number of aryl methyl sites for hydroxylation is 1. The molecule has 0 spiro atoms. The molecule has 0 radical (unpaired) electrons. The summed E-state index contributed by atoms with van der Waals surface area (Å²) in [5.74, 6) is -0.215. The molecule has 0 fully saturated rings. The first-order chi connectivity index (χ1) is 6.83. The Hall–Kier alpha value is -1.64. The fraction of sp³-hybridized carbons (Fsp3) is 0.182. The number of aldehydes is 1. The maximum atomic E-state index is 13.2. The second-order valence-electron chi connectivity index (χ2n) is 3.14. The SMILES string of the molecule is O=CCCn1ccc2c(F)cccc21. The first kappa shape index (κ1) is 8.94. The van der Waals surface area contributed by atoms with Crippen molar-refractivity contribution in [1.82, 2.24) is 4.57 Å². The van der Waals surface area contributed by atoms with Gasteiger partial charge in [-0.25, -0.2) is 4.39 Å². The third-order valence-corrected chi connectivity index (χ3v) is 2.25. The molecule has 2 aromatic rings. The summed E-state index contributed by atoms with van der Waals surface area (Å²) in [6.07, 6.45) is 3.13. The molecule has 1 heterocycles. The number of carbonyl (C=O) groups excluding carboxylic acids is 1. The quantitative estimate of drug-likeness (QED) is 0.682. The molecule has 1 aromatic heterocycles. The molecule has 0 bridgehead atoms. The van der Waals surface area contributed by atoms with Crippen molar-refractivity contribution in [3.63, 3.8) is 0 Å². The van der Waals surface area contributed by atoms with Crippen LogP contribution in [0.1, 0.15) is 6.42 Å². The first-order valence-electron chi connectivity index (χ1n) is 4.50. The standard InChI is InChI=1S/C11H10FNO/c12-10-3-1-4-11-9(10)5-7-13(11)6-2-8-14/h1,3-5,7-8H,2,6H2. The monoisotopic (exact) mass is 191 g/mol. The second kappa shape index (κ2) is 3.62. The minimum Gasteiger partial charge on any atom is -0.347 e. The fourth-order valence-corrected chi connectivity index (χ4v) is 1.57. The summed E-state index contributed by atoms with van der Waals surface area (Å²) < 4.78 is 15.1. The van der Waals surface area contributed by atoms with Crippen LogP contribution in [0.15, 0.2) is 30.5 Å². The van der Waals surface area contributed by atoms with Crippen LogP contribution in [0.25, 0.3) is 10.9 Å². The Labute approximate surface area is 81.0 Å². The lowest BCUT2D eigenvalue weighted by Crippen LogP contribution is -1.96. The third kappa shape index (κ3) is 1.41. The van der Waals surface area contributed by atoms with Crippen LogP contribution in [-0.2, 0) is 11.3 Å². The fourth-order valence-electron chi connectivity index (χ4n) is 1.57. The zero-order valence-electron chi connectivity index (χ0n) is 7.61. The van der Waals surface area contributed by atoms with Gasteiger partial charge in [-0.3, -0.25) is 0 Å². The molecule has 0 saturated carbocycles. The van der Waals surface area contributed by atoms with Crippen LogP contribution in [0.3, 0.4) is 0 Å². The smallest absolute Gasteiger partial charge is 0.132 e. The Morgan fingerprint density at radius 1 is 1.36 bits per heavy atom. The topological polar surface area (TPSA) is 22.0 Å². The van der Waals surface area contributed by atoms with Gasteiger partial charge in [0, 0.05) is 24.5 Å². The molecule has 14 heavy (non-hydrogen) atoms. The molecule has 0 unspecified atom stereocenters. The van der Waals surface area contributed by atoms with E-state index < -0.39 is 0 Å². The number of carbonyl (C=O) groups is 1. The number of rotatable bonds is 3. The van der Waals surface area contributed by atoms with Crippen molar-refractivity contribution in [3.05, 3.63) is 36.3 Å².